The number of hydrogen-bond acceptors (Lipinski definition) is 4. The fraction of sp³-hybridized carbons (Fsp3) is 0.188. The number of benzene rings is 2. The summed E-state index contributed by atoms with van der Waals surface area (Å²) in [5, 5.41) is -0.0385. The summed E-state index contributed by atoms with van der Waals surface area (Å²) in [6.45, 7) is 2.54. The standard InChI is InChI=1S/C16H14ClFN2O3S2/c1-2-7-20-14-6-4-11(9-15(14)24-16(20)21)25(22,23)19-13-5-3-10(18)8-12(13)17/h3-6,8-9,19H,2,7H2,1H3. The first-order valence-corrected chi connectivity index (χ1v) is 10.1. The topological polar surface area (TPSA) is 68.2 Å². The monoisotopic (exact) mass is 400 g/mol. The van der Waals surface area contributed by atoms with Gasteiger partial charge in [-0.25, -0.2) is 12.8 Å². The van der Waals surface area contributed by atoms with Gasteiger partial charge in [0.05, 0.1) is 25.8 Å². The van der Waals surface area contributed by atoms with Gasteiger partial charge in [-0.1, -0.05) is 29.9 Å². The average molecular weight is 401 g/mol. The molecule has 132 valence electrons. The van der Waals surface area contributed by atoms with Crippen LogP contribution in [0.3, 0.4) is 0 Å². The van der Waals surface area contributed by atoms with E-state index in [4.69, 9.17) is 11.6 Å². The van der Waals surface area contributed by atoms with Gasteiger partial charge in [-0.2, -0.15) is 0 Å². The molecule has 5 nitrogen and oxygen atoms in total. The summed E-state index contributed by atoms with van der Waals surface area (Å²) in [7, 11) is -3.92. The summed E-state index contributed by atoms with van der Waals surface area (Å²) in [5.74, 6) is -0.559. The van der Waals surface area contributed by atoms with Gasteiger partial charge in [0.1, 0.15) is 5.82 Å². The van der Waals surface area contributed by atoms with E-state index in [1.807, 2.05) is 6.92 Å². The summed E-state index contributed by atoms with van der Waals surface area (Å²) < 4.78 is 42.8. The molecule has 0 atom stereocenters. The van der Waals surface area contributed by atoms with Gasteiger partial charge in [0.15, 0.2) is 0 Å². The second-order valence-electron chi connectivity index (χ2n) is 5.38. The molecule has 0 aliphatic heterocycles. The zero-order chi connectivity index (χ0) is 18.2. The molecule has 3 rings (SSSR count). The summed E-state index contributed by atoms with van der Waals surface area (Å²) >= 11 is 6.87. The van der Waals surface area contributed by atoms with Gasteiger partial charge in [-0.15, -0.1) is 0 Å². The SMILES string of the molecule is CCCn1c(=O)sc2cc(S(=O)(=O)Nc3ccc(F)cc3Cl)ccc21. The zero-order valence-electron chi connectivity index (χ0n) is 13.1. The van der Waals surface area contributed by atoms with Gasteiger partial charge in [0.25, 0.3) is 10.0 Å². The molecule has 0 saturated heterocycles. The largest absolute Gasteiger partial charge is 0.308 e. The molecule has 9 heteroatoms. The Morgan fingerprint density at radius 2 is 2.00 bits per heavy atom. The third-order valence-corrected chi connectivity index (χ3v) is 6.19. The normalized spacial score (nSPS) is 11.8. The van der Waals surface area contributed by atoms with E-state index in [1.165, 1.54) is 18.2 Å². The molecule has 0 unspecified atom stereocenters. The van der Waals surface area contributed by atoms with Crippen molar-refractivity contribution in [3.8, 4) is 0 Å². The van der Waals surface area contributed by atoms with Gasteiger partial charge in [-0.05, 0) is 42.8 Å². The summed E-state index contributed by atoms with van der Waals surface area (Å²) in [6, 6.07) is 7.89. The maximum Gasteiger partial charge on any atom is 0.308 e. The van der Waals surface area contributed by atoms with Crippen molar-refractivity contribution in [2.45, 2.75) is 24.8 Å². The molecule has 0 saturated carbocycles. The Morgan fingerprint density at radius 1 is 1.24 bits per heavy atom. The van der Waals surface area contributed by atoms with Crippen LogP contribution in [0.5, 0.6) is 0 Å². The van der Waals surface area contributed by atoms with Gasteiger partial charge < -0.3 is 0 Å². The molecule has 3 aromatic rings. The molecule has 0 spiro atoms. The molecule has 0 aliphatic rings. The number of nitrogens with one attached hydrogen (secondary N) is 1. The molecule has 0 aliphatic carbocycles. The molecule has 0 radical (unpaired) electrons. The quantitative estimate of drug-likeness (QED) is 0.702. The predicted molar refractivity (Wildman–Crippen MR) is 98.6 cm³/mol. The maximum absolute atomic E-state index is 13.1. The summed E-state index contributed by atoms with van der Waals surface area (Å²) in [5.41, 5.74) is 0.788. The van der Waals surface area contributed by atoms with E-state index in [1.54, 1.807) is 10.6 Å². The van der Waals surface area contributed by atoms with E-state index >= 15 is 0 Å². The van der Waals surface area contributed by atoms with E-state index in [0.717, 1.165) is 29.9 Å². The van der Waals surface area contributed by atoms with Crippen molar-refractivity contribution in [3.05, 3.63) is 56.9 Å². The Labute approximate surface area is 152 Å². The Morgan fingerprint density at radius 3 is 2.68 bits per heavy atom. The van der Waals surface area contributed by atoms with E-state index in [0.29, 0.717) is 16.8 Å². The number of nitrogens with zero attached hydrogens (tertiary/aromatic N) is 1. The van der Waals surface area contributed by atoms with Crippen LogP contribution in [-0.2, 0) is 16.6 Å². The highest BCUT2D eigenvalue weighted by Gasteiger charge is 2.18. The van der Waals surface area contributed by atoms with Gasteiger partial charge in [0.2, 0.25) is 0 Å². The predicted octanol–water partition coefficient (Wildman–Crippen LogP) is 4.07. The number of sulfonamides is 1. The van der Waals surface area contributed by atoms with E-state index in [-0.39, 0.29) is 20.5 Å². The van der Waals surface area contributed by atoms with Crippen LogP contribution in [0.25, 0.3) is 10.2 Å². The molecule has 2 aromatic carbocycles. The smallest absolute Gasteiger partial charge is 0.299 e. The number of aromatic nitrogens is 1. The molecule has 0 amide bonds. The Hall–Kier alpha value is -1.90. The van der Waals surface area contributed by atoms with Crippen LogP contribution in [0.2, 0.25) is 5.02 Å². The number of halogens is 2. The molecule has 25 heavy (non-hydrogen) atoms. The second-order valence-corrected chi connectivity index (χ2v) is 8.46. The molecule has 1 aromatic heterocycles. The fourth-order valence-electron chi connectivity index (χ4n) is 2.43. The van der Waals surface area contributed by atoms with E-state index < -0.39 is 15.8 Å². The van der Waals surface area contributed by atoms with Crippen LogP contribution in [0.1, 0.15) is 13.3 Å². The number of hydrogen-bond donors (Lipinski definition) is 1. The van der Waals surface area contributed by atoms with Crippen LogP contribution in [-0.4, -0.2) is 13.0 Å². The van der Waals surface area contributed by atoms with Crippen LogP contribution >= 0.6 is 22.9 Å². The number of fused-ring (bicyclic) bond motifs is 1. The van der Waals surface area contributed by atoms with Crippen molar-refractivity contribution in [1.82, 2.24) is 4.57 Å². The molecule has 1 heterocycles. The number of aryl methyl sites for hydroxylation is 1. The number of anilines is 1. The average Bonchev–Trinajstić information content (AvgIpc) is 2.86. The zero-order valence-corrected chi connectivity index (χ0v) is 15.5. The van der Waals surface area contributed by atoms with Crippen molar-refractivity contribution in [1.29, 1.82) is 0 Å². The van der Waals surface area contributed by atoms with Gasteiger partial charge >= 0.3 is 4.87 Å². The molecule has 1 N–H and O–H groups in total. The van der Waals surface area contributed by atoms with Crippen molar-refractivity contribution >= 4 is 48.9 Å². The van der Waals surface area contributed by atoms with Gasteiger partial charge in [0, 0.05) is 6.54 Å². The second kappa shape index (κ2) is 6.78. The first kappa shape index (κ1) is 17.9. The Balaban J connectivity index is 2.01. The molecular formula is C16H14ClFN2O3S2. The first-order valence-electron chi connectivity index (χ1n) is 7.43. The van der Waals surface area contributed by atoms with Gasteiger partial charge in [-0.3, -0.25) is 14.1 Å². The van der Waals surface area contributed by atoms with Crippen LogP contribution in [0, 0.1) is 5.82 Å². The van der Waals surface area contributed by atoms with Crippen molar-refractivity contribution in [2.24, 2.45) is 0 Å². The third kappa shape index (κ3) is 3.56. The highest BCUT2D eigenvalue weighted by molar-refractivity contribution is 7.92. The maximum atomic E-state index is 13.1. The highest BCUT2D eigenvalue weighted by atomic mass is 35.5. The minimum absolute atomic E-state index is 0.00490. The number of thiazole rings is 1. The lowest BCUT2D eigenvalue weighted by Crippen LogP contribution is -2.13. The van der Waals surface area contributed by atoms with E-state index in [2.05, 4.69) is 4.72 Å². The Kier molecular flexibility index (Phi) is 4.86. The fourth-order valence-corrected chi connectivity index (χ4v) is 4.83. The van der Waals surface area contributed by atoms with Crippen molar-refractivity contribution in [2.75, 3.05) is 4.72 Å². The van der Waals surface area contributed by atoms with Crippen molar-refractivity contribution < 1.29 is 12.8 Å². The van der Waals surface area contributed by atoms with Crippen LogP contribution < -0.4 is 9.60 Å². The third-order valence-electron chi connectivity index (χ3n) is 3.57. The number of rotatable bonds is 5. The summed E-state index contributed by atoms with van der Waals surface area (Å²) in [4.78, 5) is 11.9. The first-order chi connectivity index (χ1) is 11.8. The summed E-state index contributed by atoms with van der Waals surface area (Å²) in [6.07, 6.45) is 0.802. The lowest BCUT2D eigenvalue weighted by molar-refractivity contribution is 0.601. The lowest BCUT2D eigenvalue weighted by Gasteiger charge is -2.10. The van der Waals surface area contributed by atoms with E-state index in [9.17, 15) is 17.6 Å². The van der Waals surface area contributed by atoms with Crippen molar-refractivity contribution in [3.63, 3.8) is 0 Å². The lowest BCUT2D eigenvalue weighted by atomic mass is 10.3. The molecule has 0 fully saturated rings. The molecular weight excluding hydrogens is 387 g/mol. The Bertz CT molecular complexity index is 1110. The van der Waals surface area contributed by atoms with Crippen LogP contribution in [0.15, 0.2) is 46.1 Å². The highest BCUT2D eigenvalue weighted by Crippen LogP contribution is 2.27. The minimum Gasteiger partial charge on any atom is -0.299 e. The minimum atomic E-state index is -3.92. The van der Waals surface area contributed by atoms with Crippen LogP contribution in [0.4, 0.5) is 10.1 Å². The molecule has 0 bridgehead atoms.